The molecule has 0 radical (unpaired) electrons. The van der Waals surface area contributed by atoms with E-state index >= 15 is 0 Å². The summed E-state index contributed by atoms with van der Waals surface area (Å²) in [4.78, 5) is 12.5. The van der Waals surface area contributed by atoms with Gasteiger partial charge in [0.15, 0.2) is 5.11 Å². The minimum absolute atomic E-state index is 0.0433. The fourth-order valence-corrected chi connectivity index (χ4v) is 3.49. The maximum atomic E-state index is 12.6. The standard InChI is InChI=1S/C20H25N5O4S2/c1-13(2)11-12-29-17-6-4-3-5-16(17)18(26)24-20(30)23-14-7-9-15(10-8-14)31(27,28)25-19(21)22/h3-10,13H,11-12H2,1-2H3,(H4,21,22,25)(H2,23,24,26,30). The van der Waals surface area contributed by atoms with Crippen LogP contribution in [0.15, 0.2) is 57.8 Å². The lowest BCUT2D eigenvalue weighted by Gasteiger charge is -2.14. The number of benzene rings is 2. The van der Waals surface area contributed by atoms with Gasteiger partial charge in [0.1, 0.15) is 5.75 Å². The number of amides is 1. The van der Waals surface area contributed by atoms with E-state index in [9.17, 15) is 13.2 Å². The number of thiocarbonyl (C=S) groups is 1. The maximum Gasteiger partial charge on any atom is 0.285 e. The molecule has 0 aliphatic carbocycles. The molecule has 6 N–H and O–H groups in total. The predicted octanol–water partition coefficient (Wildman–Crippen LogP) is 2.20. The molecule has 0 atom stereocenters. The average molecular weight is 464 g/mol. The van der Waals surface area contributed by atoms with Crippen LogP contribution < -0.4 is 26.8 Å². The van der Waals surface area contributed by atoms with E-state index in [-0.39, 0.29) is 10.0 Å². The van der Waals surface area contributed by atoms with Crippen LogP contribution in [0.2, 0.25) is 0 Å². The predicted molar refractivity (Wildman–Crippen MR) is 125 cm³/mol. The molecule has 0 saturated carbocycles. The summed E-state index contributed by atoms with van der Waals surface area (Å²) >= 11 is 5.18. The molecule has 9 nitrogen and oxygen atoms in total. The summed E-state index contributed by atoms with van der Waals surface area (Å²) < 4.78 is 32.9. The summed E-state index contributed by atoms with van der Waals surface area (Å²) in [6, 6.07) is 12.5. The highest BCUT2D eigenvalue weighted by molar-refractivity contribution is 7.90. The van der Waals surface area contributed by atoms with Crippen molar-refractivity contribution in [2.45, 2.75) is 25.2 Å². The van der Waals surface area contributed by atoms with Crippen LogP contribution in [0.4, 0.5) is 5.69 Å². The van der Waals surface area contributed by atoms with Crippen LogP contribution in [0.3, 0.4) is 0 Å². The van der Waals surface area contributed by atoms with E-state index in [2.05, 4.69) is 28.9 Å². The summed E-state index contributed by atoms with van der Waals surface area (Å²) in [6.07, 6.45) is 0.866. The lowest BCUT2D eigenvalue weighted by Crippen LogP contribution is -2.34. The van der Waals surface area contributed by atoms with Gasteiger partial charge in [0.25, 0.3) is 15.9 Å². The minimum Gasteiger partial charge on any atom is -0.493 e. The Labute approximate surface area is 186 Å². The van der Waals surface area contributed by atoms with Gasteiger partial charge in [-0.25, -0.2) is 0 Å². The van der Waals surface area contributed by atoms with Crippen molar-refractivity contribution in [2.24, 2.45) is 21.8 Å². The largest absolute Gasteiger partial charge is 0.493 e. The van der Waals surface area contributed by atoms with Crippen molar-refractivity contribution < 1.29 is 17.9 Å². The Morgan fingerprint density at radius 1 is 1.13 bits per heavy atom. The Bertz CT molecular complexity index is 1060. The van der Waals surface area contributed by atoms with Gasteiger partial charge < -0.3 is 21.5 Å². The van der Waals surface area contributed by atoms with Crippen LogP contribution >= 0.6 is 12.2 Å². The fraction of sp³-hybridized carbons (Fsp3) is 0.250. The minimum atomic E-state index is -3.98. The van der Waals surface area contributed by atoms with E-state index in [1.54, 1.807) is 24.3 Å². The van der Waals surface area contributed by atoms with E-state index in [0.29, 0.717) is 29.5 Å². The first-order valence-electron chi connectivity index (χ1n) is 9.38. The average Bonchev–Trinajstić information content (AvgIpc) is 2.67. The first-order valence-corrected chi connectivity index (χ1v) is 11.2. The zero-order chi connectivity index (χ0) is 23.0. The number of nitrogens with zero attached hydrogens (tertiary/aromatic N) is 1. The fourth-order valence-electron chi connectivity index (χ4n) is 2.42. The molecule has 166 valence electrons. The third-order valence-electron chi connectivity index (χ3n) is 3.95. The van der Waals surface area contributed by atoms with Crippen molar-refractivity contribution in [1.82, 2.24) is 5.32 Å². The van der Waals surface area contributed by atoms with Gasteiger partial charge in [-0.05, 0) is 61.0 Å². The molecule has 0 saturated heterocycles. The lowest BCUT2D eigenvalue weighted by molar-refractivity contribution is 0.0973. The number of anilines is 1. The molecular formula is C20H25N5O4S2. The summed E-state index contributed by atoms with van der Waals surface area (Å²) in [5.41, 5.74) is 11.1. The van der Waals surface area contributed by atoms with Crippen molar-refractivity contribution in [1.29, 1.82) is 0 Å². The molecule has 2 aromatic rings. The van der Waals surface area contributed by atoms with Gasteiger partial charge in [0.2, 0.25) is 5.96 Å². The number of guanidine groups is 1. The molecule has 0 bridgehead atoms. The van der Waals surface area contributed by atoms with Gasteiger partial charge in [-0.3, -0.25) is 10.1 Å². The second-order valence-corrected chi connectivity index (χ2v) is 8.96. The molecule has 0 aliphatic heterocycles. The maximum absolute atomic E-state index is 12.6. The molecule has 0 unspecified atom stereocenters. The number of sulfonamides is 1. The monoisotopic (exact) mass is 463 g/mol. The van der Waals surface area contributed by atoms with E-state index in [0.717, 1.165) is 6.42 Å². The third-order valence-corrected chi connectivity index (χ3v) is 5.47. The number of hydrogen-bond acceptors (Lipinski definition) is 5. The second kappa shape index (κ2) is 10.7. The molecule has 0 fully saturated rings. The summed E-state index contributed by atoms with van der Waals surface area (Å²) in [7, 11) is -3.98. The zero-order valence-corrected chi connectivity index (χ0v) is 18.8. The summed E-state index contributed by atoms with van der Waals surface area (Å²) in [5.74, 6) is -0.0273. The molecule has 2 rings (SSSR count). The Hall–Kier alpha value is -3.18. The number of rotatable bonds is 8. The molecule has 0 heterocycles. The van der Waals surface area contributed by atoms with Gasteiger partial charge in [0.05, 0.1) is 17.1 Å². The first-order chi connectivity index (χ1) is 14.6. The molecule has 0 aromatic heterocycles. The lowest BCUT2D eigenvalue weighted by atomic mass is 10.1. The number of ether oxygens (including phenoxy) is 1. The molecule has 31 heavy (non-hydrogen) atoms. The van der Waals surface area contributed by atoms with Crippen LogP contribution in [-0.4, -0.2) is 32.0 Å². The van der Waals surface area contributed by atoms with Crippen LogP contribution in [0, 0.1) is 5.92 Å². The van der Waals surface area contributed by atoms with Crippen LogP contribution in [0.25, 0.3) is 0 Å². The van der Waals surface area contributed by atoms with Gasteiger partial charge in [-0.15, -0.1) is 4.40 Å². The molecule has 0 spiro atoms. The van der Waals surface area contributed by atoms with Crippen LogP contribution in [0.5, 0.6) is 5.75 Å². The number of hydrogen-bond donors (Lipinski definition) is 4. The van der Waals surface area contributed by atoms with E-state index < -0.39 is 21.9 Å². The number of para-hydroxylation sites is 1. The quantitative estimate of drug-likeness (QED) is 0.264. The molecule has 2 aromatic carbocycles. The van der Waals surface area contributed by atoms with Crippen LogP contribution in [0.1, 0.15) is 30.6 Å². The molecule has 0 aliphatic rings. The molecule has 1 amide bonds. The number of nitrogens with two attached hydrogens (primary N) is 2. The van der Waals surface area contributed by atoms with E-state index in [4.69, 9.17) is 28.4 Å². The summed E-state index contributed by atoms with van der Waals surface area (Å²) in [5, 5.41) is 5.45. The molecular weight excluding hydrogens is 438 g/mol. The van der Waals surface area contributed by atoms with E-state index in [1.165, 1.54) is 24.3 Å². The Morgan fingerprint density at radius 2 is 1.77 bits per heavy atom. The van der Waals surface area contributed by atoms with Crippen LogP contribution in [-0.2, 0) is 10.0 Å². The van der Waals surface area contributed by atoms with Gasteiger partial charge in [-0.2, -0.15) is 8.42 Å². The van der Waals surface area contributed by atoms with E-state index in [1.807, 2.05) is 0 Å². The van der Waals surface area contributed by atoms with Crippen molar-refractivity contribution in [3.05, 3.63) is 54.1 Å². The van der Waals surface area contributed by atoms with Gasteiger partial charge >= 0.3 is 0 Å². The van der Waals surface area contributed by atoms with Crippen molar-refractivity contribution in [3.8, 4) is 5.75 Å². The van der Waals surface area contributed by atoms with Gasteiger partial charge in [-0.1, -0.05) is 26.0 Å². The third kappa shape index (κ3) is 7.54. The Morgan fingerprint density at radius 3 is 2.39 bits per heavy atom. The molecule has 11 heteroatoms. The Balaban J connectivity index is 2.02. The number of carbonyl (C=O) groups is 1. The SMILES string of the molecule is CC(C)CCOc1ccccc1C(=O)NC(=S)Nc1ccc(S(=O)(=O)N=C(N)N)cc1. The normalized spacial score (nSPS) is 10.9. The van der Waals surface area contributed by atoms with Crippen molar-refractivity contribution >= 4 is 44.9 Å². The highest BCUT2D eigenvalue weighted by Crippen LogP contribution is 2.19. The highest BCUT2D eigenvalue weighted by atomic mass is 32.2. The summed E-state index contributed by atoms with van der Waals surface area (Å²) in [6.45, 7) is 4.68. The zero-order valence-electron chi connectivity index (χ0n) is 17.2. The van der Waals surface area contributed by atoms with Gasteiger partial charge in [0, 0.05) is 5.69 Å². The smallest absolute Gasteiger partial charge is 0.285 e. The number of carbonyl (C=O) groups excluding carboxylic acids is 1. The van der Waals surface area contributed by atoms with Crippen molar-refractivity contribution in [3.63, 3.8) is 0 Å². The Kier molecular flexibility index (Phi) is 8.34. The van der Waals surface area contributed by atoms with Crippen molar-refractivity contribution in [2.75, 3.05) is 11.9 Å². The topological polar surface area (TPSA) is 149 Å². The highest BCUT2D eigenvalue weighted by Gasteiger charge is 2.15. The number of nitrogens with one attached hydrogen (secondary N) is 2. The first kappa shape index (κ1) is 24.1. The second-order valence-electron chi connectivity index (χ2n) is 6.95.